The first-order chi connectivity index (χ1) is 9.11. The first kappa shape index (κ1) is 14.4. The average molecular weight is 267 g/mol. The van der Waals surface area contributed by atoms with Gasteiger partial charge in [0.25, 0.3) is 0 Å². The topological polar surface area (TPSA) is 41.5 Å². The van der Waals surface area contributed by atoms with Crippen molar-refractivity contribution in [2.75, 3.05) is 19.8 Å². The van der Waals surface area contributed by atoms with Gasteiger partial charge in [0.05, 0.1) is 12.7 Å². The van der Waals surface area contributed by atoms with Crippen LogP contribution in [-0.2, 0) is 11.2 Å². The highest BCUT2D eigenvalue weighted by molar-refractivity contribution is 5.18. The summed E-state index contributed by atoms with van der Waals surface area (Å²) in [5, 5.41) is 13.0. The zero-order valence-corrected chi connectivity index (χ0v) is 11.4. The summed E-state index contributed by atoms with van der Waals surface area (Å²) in [7, 11) is 0. The third kappa shape index (κ3) is 4.27. The van der Waals surface area contributed by atoms with Crippen LogP contribution in [-0.4, -0.2) is 36.5 Å². The predicted molar refractivity (Wildman–Crippen MR) is 72.6 cm³/mol. The lowest BCUT2D eigenvalue weighted by molar-refractivity contribution is 0.0913. The van der Waals surface area contributed by atoms with Gasteiger partial charge in [0, 0.05) is 18.7 Å². The van der Waals surface area contributed by atoms with Gasteiger partial charge in [-0.25, -0.2) is 4.39 Å². The molecule has 4 heteroatoms. The Hall–Kier alpha value is -0.970. The standard InChI is InChI=1S/C15H22FNO2/c1-15(11-18,17-10-14-3-2-8-19-14)9-12-4-6-13(16)7-5-12/h4-7,14,17-18H,2-3,8-11H2,1H3. The smallest absolute Gasteiger partial charge is 0.123 e. The van der Waals surface area contributed by atoms with E-state index in [1.54, 1.807) is 12.1 Å². The van der Waals surface area contributed by atoms with Gasteiger partial charge in [-0.1, -0.05) is 12.1 Å². The Labute approximate surface area is 113 Å². The average Bonchev–Trinajstić information content (AvgIpc) is 2.93. The molecule has 1 heterocycles. The number of hydrogen-bond acceptors (Lipinski definition) is 3. The van der Waals surface area contributed by atoms with E-state index in [4.69, 9.17) is 4.74 Å². The molecule has 0 aromatic heterocycles. The minimum Gasteiger partial charge on any atom is -0.394 e. The van der Waals surface area contributed by atoms with Crippen LogP contribution in [0.4, 0.5) is 4.39 Å². The molecule has 0 amide bonds. The molecule has 2 unspecified atom stereocenters. The molecule has 106 valence electrons. The quantitative estimate of drug-likeness (QED) is 0.827. The maximum absolute atomic E-state index is 12.9. The summed E-state index contributed by atoms with van der Waals surface area (Å²) in [5.41, 5.74) is 0.613. The van der Waals surface area contributed by atoms with Crippen LogP contribution in [0.2, 0.25) is 0 Å². The zero-order valence-electron chi connectivity index (χ0n) is 11.4. The molecular weight excluding hydrogens is 245 g/mol. The van der Waals surface area contributed by atoms with Crippen molar-refractivity contribution in [3.05, 3.63) is 35.6 Å². The van der Waals surface area contributed by atoms with Crippen molar-refractivity contribution in [3.63, 3.8) is 0 Å². The van der Waals surface area contributed by atoms with Gasteiger partial charge in [0.1, 0.15) is 5.82 Å². The molecule has 2 N–H and O–H groups in total. The Bertz CT molecular complexity index is 390. The Morgan fingerprint density at radius 1 is 1.42 bits per heavy atom. The van der Waals surface area contributed by atoms with Crippen LogP contribution < -0.4 is 5.32 Å². The monoisotopic (exact) mass is 267 g/mol. The molecule has 0 saturated carbocycles. The van der Waals surface area contributed by atoms with Crippen LogP contribution in [0, 0.1) is 5.82 Å². The molecule has 3 nitrogen and oxygen atoms in total. The van der Waals surface area contributed by atoms with E-state index in [1.165, 1.54) is 12.1 Å². The lowest BCUT2D eigenvalue weighted by Crippen LogP contribution is -2.50. The molecule has 19 heavy (non-hydrogen) atoms. The maximum atomic E-state index is 12.9. The summed E-state index contributed by atoms with van der Waals surface area (Å²) in [6.45, 7) is 3.60. The summed E-state index contributed by atoms with van der Waals surface area (Å²) in [6, 6.07) is 6.43. The van der Waals surface area contributed by atoms with Crippen LogP contribution >= 0.6 is 0 Å². The van der Waals surface area contributed by atoms with E-state index in [0.29, 0.717) is 6.42 Å². The number of rotatable bonds is 6. The summed E-state index contributed by atoms with van der Waals surface area (Å²) < 4.78 is 18.4. The summed E-state index contributed by atoms with van der Waals surface area (Å²) >= 11 is 0. The minimum absolute atomic E-state index is 0.0388. The molecule has 0 radical (unpaired) electrons. The summed E-state index contributed by atoms with van der Waals surface area (Å²) in [4.78, 5) is 0. The van der Waals surface area contributed by atoms with E-state index in [2.05, 4.69) is 5.32 Å². The van der Waals surface area contributed by atoms with Gasteiger partial charge >= 0.3 is 0 Å². The van der Waals surface area contributed by atoms with Gasteiger partial charge in [-0.3, -0.25) is 0 Å². The summed E-state index contributed by atoms with van der Waals surface area (Å²) in [5.74, 6) is -0.234. The van der Waals surface area contributed by atoms with Gasteiger partial charge in [-0.2, -0.15) is 0 Å². The van der Waals surface area contributed by atoms with E-state index in [1.807, 2.05) is 6.92 Å². The Morgan fingerprint density at radius 3 is 2.74 bits per heavy atom. The van der Waals surface area contributed by atoms with Gasteiger partial charge in [-0.15, -0.1) is 0 Å². The van der Waals surface area contributed by atoms with Crippen LogP contribution in [0.5, 0.6) is 0 Å². The Morgan fingerprint density at radius 2 is 2.16 bits per heavy atom. The predicted octanol–water partition coefficient (Wildman–Crippen LogP) is 1.89. The molecule has 0 aliphatic carbocycles. The molecule has 0 spiro atoms. The van der Waals surface area contributed by atoms with Gasteiger partial charge in [0.2, 0.25) is 0 Å². The van der Waals surface area contributed by atoms with Crippen molar-refractivity contribution >= 4 is 0 Å². The second kappa shape index (κ2) is 6.46. The van der Waals surface area contributed by atoms with Crippen molar-refractivity contribution in [1.82, 2.24) is 5.32 Å². The van der Waals surface area contributed by atoms with Crippen LogP contribution in [0.3, 0.4) is 0 Å². The van der Waals surface area contributed by atoms with Crippen molar-refractivity contribution in [2.24, 2.45) is 0 Å². The first-order valence-electron chi connectivity index (χ1n) is 6.83. The maximum Gasteiger partial charge on any atom is 0.123 e. The normalized spacial score (nSPS) is 22.4. The largest absolute Gasteiger partial charge is 0.394 e. The van der Waals surface area contributed by atoms with Gasteiger partial charge < -0.3 is 15.2 Å². The number of hydrogen-bond donors (Lipinski definition) is 2. The Balaban J connectivity index is 1.90. The number of halogens is 1. The van der Waals surface area contributed by atoms with E-state index in [9.17, 15) is 9.50 Å². The van der Waals surface area contributed by atoms with Gasteiger partial charge in [-0.05, 0) is 43.9 Å². The van der Waals surface area contributed by atoms with E-state index in [0.717, 1.165) is 31.6 Å². The molecule has 1 aromatic rings. The molecule has 2 rings (SSSR count). The van der Waals surface area contributed by atoms with E-state index in [-0.39, 0.29) is 18.5 Å². The third-order valence-electron chi connectivity index (χ3n) is 3.64. The molecule has 1 aliphatic heterocycles. The second-order valence-electron chi connectivity index (χ2n) is 5.54. The lowest BCUT2D eigenvalue weighted by atomic mass is 9.93. The van der Waals surface area contributed by atoms with E-state index >= 15 is 0 Å². The van der Waals surface area contributed by atoms with Crippen LogP contribution in [0.1, 0.15) is 25.3 Å². The van der Waals surface area contributed by atoms with Gasteiger partial charge in [0.15, 0.2) is 0 Å². The number of benzene rings is 1. The number of nitrogens with one attached hydrogen (secondary N) is 1. The number of aliphatic hydroxyl groups is 1. The molecular formula is C15H22FNO2. The van der Waals surface area contributed by atoms with Crippen LogP contribution in [0.15, 0.2) is 24.3 Å². The Kier molecular flexibility index (Phi) is 4.91. The third-order valence-corrected chi connectivity index (χ3v) is 3.64. The SMILES string of the molecule is CC(CO)(Cc1ccc(F)cc1)NCC1CCCO1. The lowest BCUT2D eigenvalue weighted by Gasteiger charge is -2.30. The summed E-state index contributed by atoms with van der Waals surface area (Å²) in [6.07, 6.45) is 3.10. The van der Waals surface area contributed by atoms with E-state index < -0.39 is 5.54 Å². The van der Waals surface area contributed by atoms with Crippen LogP contribution in [0.25, 0.3) is 0 Å². The number of aliphatic hydroxyl groups excluding tert-OH is 1. The fraction of sp³-hybridized carbons (Fsp3) is 0.600. The molecule has 0 bridgehead atoms. The highest BCUT2D eigenvalue weighted by Crippen LogP contribution is 2.16. The fourth-order valence-corrected chi connectivity index (χ4v) is 2.39. The molecule has 2 atom stereocenters. The minimum atomic E-state index is -0.399. The second-order valence-corrected chi connectivity index (χ2v) is 5.54. The first-order valence-corrected chi connectivity index (χ1v) is 6.83. The molecule has 1 aliphatic rings. The van der Waals surface area contributed by atoms with Crippen molar-refractivity contribution in [1.29, 1.82) is 0 Å². The molecule has 1 fully saturated rings. The molecule has 1 aromatic carbocycles. The van der Waals surface area contributed by atoms with Crippen molar-refractivity contribution < 1.29 is 14.2 Å². The zero-order chi connectivity index (χ0) is 13.7. The number of ether oxygens (including phenoxy) is 1. The van der Waals surface area contributed by atoms with Crippen molar-refractivity contribution in [3.8, 4) is 0 Å². The van der Waals surface area contributed by atoms with Crippen molar-refractivity contribution in [2.45, 2.75) is 37.8 Å². The highest BCUT2D eigenvalue weighted by atomic mass is 19.1. The fourth-order valence-electron chi connectivity index (χ4n) is 2.39. The highest BCUT2D eigenvalue weighted by Gasteiger charge is 2.25. The molecule has 1 saturated heterocycles.